The van der Waals surface area contributed by atoms with Gasteiger partial charge in [-0.25, -0.2) is 4.39 Å². The molecule has 0 aromatic heterocycles. The fourth-order valence-corrected chi connectivity index (χ4v) is 1.78. The van der Waals surface area contributed by atoms with Gasteiger partial charge in [-0.3, -0.25) is 4.79 Å². The molecule has 0 spiro atoms. The summed E-state index contributed by atoms with van der Waals surface area (Å²) in [5.41, 5.74) is 7.36. The first-order valence-corrected chi connectivity index (χ1v) is 6.02. The van der Waals surface area contributed by atoms with E-state index in [4.69, 9.17) is 10.5 Å². The lowest BCUT2D eigenvalue weighted by molar-refractivity contribution is 0.102. The maximum absolute atomic E-state index is 13.7. The van der Waals surface area contributed by atoms with E-state index in [0.29, 0.717) is 17.0 Å². The maximum atomic E-state index is 13.7. The summed E-state index contributed by atoms with van der Waals surface area (Å²) in [7, 11) is 1.47. The zero-order valence-corrected chi connectivity index (χ0v) is 11.2. The lowest BCUT2D eigenvalue weighted by Gasteiger charge is -2.10. The molecule has 0 saturated heterocycles. The number of nitrogens with one attached hydrogen (secondary N) is 1. The third kappa shape index (κ3) is 2.88. The molecule has 0 aliphatic carbocycles. The van der Waals surface area contributed by atoms with Crippen molar-refractivity contribution in [2.24, 2.45) is 0 Å². The number of benzene rings is 2. The van der Waals surface area contributed by atoms with Gasteiger partial charge in [-0.05, 0) is 31.2 Å². The Hall–Kier alpha value is -2.56. The molecule has 0 heterocycles. The summed E-state index contributed by atoms with van der Waals surface area (Å²) in [4.78, 5) is 12.1. The van der Waals surface area contributed by atoms with Crippen LogP contribution in [-0.2, 0) is 0 Å². The molecule has 0 aliphatic heterocycles. The first-order chi connectivity index (χ1) is 9.51. The number of aryl methyl sites for hydroxylation is 1. The Bertz CT molecular complexity index is 656. The molecule has 0 bridgehead atoms. The van der Waals surface area contributed by atoms with Crippen LogP contribution < -0.4 is 15.8 Å². The largest absolute Gasteiger partial charge is 0.497 e. The summed E-state index contributed by atoms with van der Waals surface area (Å²) >= 11 is 0. The highest BCUT2D eigenvalue weighted by molar-refractivity contribution is 6.07. The highest BCUT2D eigenvalue weighted by atomic mass is 19.1. The molecule has 4 nitrogen and oxygen atoms in total. The first-order valence-electron chi connectivity index (χ1n) is 6.02. The molecule has 0 atom stereocenters. The number of methoxy groups -OCH3 is 1. The Balaban J connectivity index is 2.30. The molecule has 104 valence electrons. The molecule has 1 amide bonds. The average Bonchev–Trinajstić information content (AvgIpc) is 2.43. The molecule has 0 fully saturated rings. The molecule has 2 rings (SSSR count). The summed E-state index contributed by atoms with van der Waals surface area (Å²) in [6.45, 7) is 1.85. The molecule has 2 aromatic carbocycles. The Morgan fingerprint density at radius 1 is 1.25 bits per heavy atom. The second kappa shape index (κ2) is 5.61. The van der Waals surface area contributed by atoms with Gasteiger partial charge in [-0.15, -0.1) is 0 Å². The van der Waals surface area contributed by atoms with Crippen LogP contribution >= 0.6 is 0 Å². The van der Waals surface area contributed by atoms with Crippen molar-refractivity contribution in [3.63, 3.8) is 0 Å². The van der Waals surface area contributed by atoms with E-state index in [1.807, 2.05) is 6.92 Å². The van der Waals surface area contributed by atoms with Gasteiger partial charge < -0.3 is 15.8 Å². The molecule has 0 saturated carbocycles. The molecule has 20 heavy (non-hydrogen) atoms. The van der Waals surface area contributed by atoms with Crippen LogP contribution in [0.1, 0.15) is 15.9 Å². The summed E-state index contributed by atoms with van der Waals surface area (Å²) in [6, 6.07) is 9.23. The van der Waals surface area contributed by atoms with Crippen molar-refractivity contribution in [2.45, 2.75) is 6.92 Å². The smallest absolute Gasteiger partial charge is 0.257 e. The van der Waals surface area contributed by atoms with Crippen molar-refractivity contribution in [1.82, 2.24) is 0 Å². The molecule has 0 aliphatic rings. The van der Waals surface area contributed by atoms with E-state index in [1.54, 1.807) is 18.2 Å². The molecule has 2 aromatic rings. The average molecular weight is 274 g/mol. The normalized spacial score (nSPS) is 10.2. The van der Waals surface area contributed by atoms with Crippen LogP contribution in [0.2, 0.25) is 0 Å². The van der Waals surface area contributed by atoms with Crippen molar-refractivity contribution in [2.75, 3.05) is 18.2 Å². The lowest BCUT2D eigenvalue weighted by Crippen LogP contribution is -2.15. The van der Waals surface area contributed by atoms with E-state index < -0.39 is 11.7 Å². The third-order valence-electron chi connectivity index (χ3n) is 2.88. The van der Waals surface area contributed by atoms with Crippen molar-refractivity contribution in [1.29, 1.82) is 0 Å². The van der Waals surface area contributed by atoms with Gasteiger partial charge in [-0.1, -0.05) is 11.6 Å². The zero-order chi connectivity index (χ0) is 14.7. The maximum Gasteiger partial charge on any atom is 0.257 e. The van der Waals surface area contributed by atoms with Gasteiger partial charge in [0.2, 0.25) is 0 Å². The van der Waals surface area contributed by atoms with Crippen LogP contribution in [0.4, 0.5) is 15.8 Å². The van der Waals surface area contributed by atoms with Crippen molar-refractivity contribution < 1.29 is 13.9 Å². The van der Waals surface area contributed by atoms with E-state index in [1.165, 1.54) is 25.3 Å². The van der Waals surface area contributed by atoms with Crippen LogP contribution in [0, 0.1) is 12.7 Å². The molecular weight excluding hydrogens is 259 g/mol. The van der Waals surface area contributed by atoms with Gasteiger partial charge in [0.1, 0.15) is 11.6 Å². The number of ether oxygens (including phenoxy) is 1. The van der Waals surface area contributed by atoms with Crippen LogP contribution in [0.25, 0.3) is 0 Å². The highest BCUT2D eigenvalue weighted by Gasteiger charge is 2.13. The van der Waals surface area contributed by atoms with Gasteiger partial charge in [0.05, 0.1) is 18.4 Å². The highest BCUT2D eigenvalue weighted by Crippen LogP contribution is 2.23. The summed E-state index contributed by atoms with van der Waals surface area (Å²) < 4.78 is 18.7. The summed E-state index contributed by atoms with van der Waals surface area (Å²) in [6.07, 6.45) is 0. The van der Waals surface area contributed by atoms with Crippen LogP contribution in [0.15, 0.2) is 36.4 Å². The SMILES string of the molecule is COc1ccc(F)c(NC(=O)c2cc(C)ccc2N)c1. The fourth-order valence-electron chi connectivity index (χ4n) is 1.78. The van der Waals surface area contributed by atoms with E-state index in [-0.39, 0.29) is 5.69 Å². The standard InChI is InChI=1S/C15H15FN2O2/c1-9-3-6-13(17)11(7-9)15(19)18-14-8-10(20-2)4-5-12(14)16/h3-8H,17H2,1-2H3,(H,18,19). The number of halogens is 1. The molecule has 0 unspecified atom stereocenters. The van der Waals surface area contributed by atoms with Crippen molar-refractivity contribution in [3.05, 3.63) is 53.3 Å². The van der Waals surface area contributed by atoms with Crippen LogP contribution in [0.5, 0.6) is 5.75 Å². The number of anilines is 2. The van der Waals surface area contributed by atoms with Gasteiger partial charge in [0.25, 0.3) is 5.91 Å². The number of rotatable bonds is 3. The summed E-state index contributed by atoms with van der Waals surface area (Å²) in [5.74, 6) is -0.539. The van der Waals surface area contributed by atoms with Gasteiger partial charge in [0, 0.05) is 11.8 Å². The number of nitrogen functional groups attached to an aromatic ring is 1. The Morgan fingerprint density at radius 3 is 2.70 bits per heavy atom. The third-order valence-corrected chi connectivity index (χ3v) is 2.88. The molecular formula is C15H15FN2O2. The second-order valence-corrected chi connectivity index (χ2v) is 4.39. The van der Waals surface area contributed by atoms with Crippen LogP contribution in [-0.4, -0.2) is 13.0 Å². The number of carbonyl (C=O) groups excluding carboxylic acids is 1. The van der Waals surface area contributed by atoms with Crippen LogP contribution in [0.3, 0.4) is 0 Å². The van der Waals surface area contributed by atoms with Crippen molar-refractivity contribution in [3.8, 4) is 5.75 Å². The van der Waals surface area contributed by atoms with E-state index in [9.17, 15) is 9.18 Å². The monoisotopic (exact) mass is 274 g/mol. The number of hydrogen-bond acceptors (Lipinski definition) is 3. The molecule has 5 heteroatoms. The lowest BCUT2D eigenvalue weighted by atomic mass is 10.1. The fraction of sp³-hybridized carbons (Fsp3) is 0.133. The quantitative estimate of drug-likeness (QED) is 0.846. The number of carbonyl (C=O) groups is 1. The van der Waals surface area contributed by atoms with Gasteiger partial charge in [0.15, 0.2) is 0 Å². The van der Waals surface area contributed by atoms with Gasteiger partial charge >= 0.3 is 0 Å². The molecule has 3 N–H and O–H groups in total. The predicted molar refractivity (Wildman–Crippen MR) is 76.5 cm³/mol. The van der Waals surface area contributed by atoms with Crippen molar-refractivity contribution >= 4 is 17.3 Å². The van der Waals surface area contributed by atoms with E-state index in [0.717, 1.165) is 5.56 Å². The van der Waals surface area contributed by atoms with E-state index >= 15 is 0 Å². The Kier molecular flexibility index (Phi) is 3.89. The topological polar surface area (TPSA) is 64.3 Å². The van der Waals surface area contributed by atoms with E-state index in [2.05, 4.69) is 5.32 Å². The molecule has 0 radical (unpaired) electrons. The number of amides is 1. The number of nitrogens with two attached hydrogens (primary N) is 1. The predicted octanol–water partition coefficient (Wildman–Crippen LogP) is 2.98. The summed E-state index contributed by atoms with van der Waals surface area (Å²) in [5, 5.41) is 2.50. The second-order valence-electron chi connectivity index (χ2n) is 4.39. The minimum atomic E-state index is -0.537. The zero-order valence-electron chi connectivity index (χ0n) is 11.2. The minimum Gasteiger partial charge on any atom is -0.497 e. The Labute approximate surface area is 116 Å². The Morgan fingerprint density at radius 2 is 2.00 bits per heavy atom. The number of hydrogen-bond donors (Lipinski definition) is 2. The van der Waals surface area contributed by atoms with Gasteiger partial charge in [-0.2, -0.15) is 0 Å². The first kappa shape index (κ1) is 13.9. The minimum absolute atomic E-state index is 0.0512.